The normalized spacial score (nSPS) is 19.1. The van der Waals surface area contributed by atoms with Crippen molar-refractivity contribution in [3.05, 3.63) is 107 Å². The Hall–Kier alpha value is -6.30. The molecule has 50 heavy (non-hydrogen) atoms. The van der Waals surface area contributed by atoms with E-state index in [1.807, 2.05) is 0 Å². The van der Waals surface area contributed by atoms with Crippen molar-refractivity contribution in [3.63, 3.8) is 0 Å². The molecule has 2 heterocycles. The van der Waals surface area contributed by atoms with E-state index in [1.54, 1.807) is 72.8 Å². The van der Waals surface area contributed by atoms with Gasteiger partial charge in [-0.2, -0.15) is 0 Å². The molecule has 4 aromatic carbocycles. The van der Waals surface area contributed by atoms with Gasteiger partial charge in [0.25, 0.3) is 0 Å². The number of hydrogen-bond acceptors (Lipinski definition) is 12. The van der Waals surface area contributed by atoms with Crippen LogP contribution in [-0.2, 0) is 28.8 Å². The van der Waals surface area contributed by atoms with Crippen molar-refractivity contribution < 1.29 is 57.2 Å². The summed E-state index contributed by atoms with van der Waals surface area (Å²) in [6, 6.07) is 22.4. The number of esters is 6. The Kier molecular flexibility index (Phi) is 9.18. The van der Waals surface area contributed by atoms with Gasteiger partial charge >= 0.3 is 35.8 Å². The highest BCUT2D eigenvalue weighted by Crippen LogP contribution is 2.53. The second-order valence-electron chi connectivity index (χ2n) is 11.8. The first-order chi connectivity index (χ1) is 23.9. The smallest absolute Gasteiger partial charge is 0.316 e. The quantitative estimate of drug-likeness (QED) is 0.181. The second kappa shape index (κ2) is 13.7. The number of ether oxygens (including phenoxy) is 6. The summed E-state index contributed by atoms with van der Waals surface area (Å²) in [7, 11) is 0. The molecule has 4 atom stereocenters. The molecule has 0 radical (unpaired) electrons. The number of benzene rings is 4. The molecule has 0 saturated carbocycles. The van der Waals surface area contributed by atoms with E-state index in [0.717, 1.165) is 0 Å². The number of rotatable bonds is 7. The van der Waals surface area contributed by atoms with Crippen LogP contribution < -0.4 is 28.4 Å². The lowest BCUT2D eigenvalue weighted by atomic mass is 9.65. The molecule has 0 unspecified atom stereocenters. The first-order valence-corrected chi connectivity index (χ1v) is 15.5. The van der Waals surface area contributed by atoms with Crippen LogP contribution in [0.25, 0.3) is 0 Å². The van der Waals surface area contributed by atoms with Crippen molar-refractivity contribution in [2.45, 2.75) is 39.5 Å². The van der Waals surface area contributed by atoms with Crippen LogP contribution in [0.15, 0.2) is 84.9 Å². The van der Waals surface area contributed by atoms with Crippen molar-refractivity contribution in [1.29, 1.82) is 0 Å². The molecule has 0 aromatic heterocycles. The van der Waals surface area contributed by atoms with Crippen LogP contribution >= 0.6 is 0 Å². The van der Waals surface area contributed by atoms with Gasteiger partial charge in [-0.15, -0.1) is 0 Å². The van der Waals surface area contributed by atoms with E-state index in [2.05, 4.69) is 0 Å². The van der Waals surface area contributed by atoms with E-state index >= 15 is 0 Å². The maximum Gasteiger partial charge on any atom is 0.316 e. The van der Waals surface area contributed by atoms with E-state index in [1.165, 1.54) is 39.8 Å². The minimum Gasteiger partial charge on any atom is -0.427 e. The maximum atomic E-state index is 14.2. The Balaban J connectivity index is 1.52. The molecule has 4 aromatic rings. The first-order valence-electron chi connectivity index (χ1n) is 15.5. The van der Waals surface area contributed by atoms with Crippen LogP contribution in [0.5, 0.6) is 34.5 Å². The number of carbonyl (C=O) groups excluding carboxylic acids is 6. The van der Waals surface area contributed by atoms with E-state index < -0.39 is 59.5 Å². The largest absolute Gasteiger partial charge is 0.427 e. The standard InChI is InChI=1S/C38H30O12/c1-19(39)45-25-9-5-23(6-10-25)33-29-15-13-27(47-21(3)41)17-31(29)49-37(43)35(33)36-34(24-7-11-26(12-8-24)46-20(2)40)30-16-14-28(48-22(4)42)18-32(30)50-38(36)44/h5-18,33-36H,1-4H3/t33-,34-,35-,36+/m0/s1. The summed E-state index contributed by atoms with van der Waals surface area (Å²) in [6.07, 6.45) is 0. The monoisotopic (exact) mass is 678 g/mol. The van der Waals surface area contributed by atoms with Crippen LogP contribution in [0.2, 0.25) is 0 Å². The zero-order chi connectivity index (χ0) is 35.7. The SMILES string of the molecule is CC(=O)Oc1ccc([C@H]2c3ccc(OC(C)=O)cc3OC(=O)[C@H]2[C@H]2C(=O)Oc3cc(OC(C)=O)ccc3[C@@H]2c2ccc(OC(C)=O)cc2)cc1. The van der Waals surface area contributed by atoms with Gasteiger partial charge in [-0.3, -0.25) is 28.8 Å². The van der Waals surface area contributed by atoms with Crippen LogP contribution in [0.3, 0.4) is 0 Å². The zero-order valence-electron chi connectivity index (χ0n) is 27.3. The summed E-state index contributed by atoms with van der Waals surface area (Å²) in [5.41, 5.74) is 2.24. The first kappa shape index (κ1) is 33.6. The van der Waals surface area contributed by atoms with Gasteiger partial charge < -0.3 is 28.4 Å². The molecule has 0 fully saturated rings. The van der Waals surface area contributed by atoms with Gasteiger partial charge in [0.15, 0.2) is 0 Å². The van der Waals surface area contributed by atoms with Gasteiger partial charge in [-0.05, 0) is 47.5 Å². The molecule has 0 saturated heterocycles. The van der Waals surface area contributed by atoms with Crippen LogP contribution in [-0.4, -0.2) is 35.8 Å². The highest BCUT2D eigenvalue weighted by atomic mass is 16.6. The lowest BCUT2D eigenvalue weighted by molar-refractivity contribution is -0.154. The van der Waals surface area contributed by atoms with Crippen LogP contribution in [0, 0.1) is 11.8 Å². The summed E-state index contributed by atoms with van der Waals surface area (Å²) in [4.78, 5) is 75.1. The Labute approximate surface area is 285 Å². The highest BCUT2D eigenvalue weighted by Gasteiger charge is 2.53. The Morgan fingerprint density at radius 3 is 1.08 bits per heavy atom. The summed E-state index contributed by atoms with van der Waals surface area (Å²) >= 11 is 0. The molecule has 12 nitrogen and oxygen atoms in total. The lowest BCUT2D eigenvalue weighted by Gasteiger charge is -2.41. The molecule has 0 aliphatic carbocycles. The maximum absolute atomic E-state index is 14.2. The molecule has 0 N–H and O–H groups in total. The van der Waals surface area contributed by atoms with Gasteiger partial charge in [0.1, 0.15) is 34.5 Å². The third-order valence-corrected chi connectivity index (χ3v) is 8.24. The Morgan fingerprint density at radius 1 is 0.460 bits per heavy atom. The van der Waals surface area contributed by atoms with Crippen molar-refractivity contribution in [1.82, 2.24) is 0 Å². The molecule has 0 bridgehead atoms. The highest BCUT2D eigenvalue weighted by molar-refractivity contribution is 5.90. The zero-order valence-corrected chi connectivity index (χ0v) is 27.3. The lowest BCUT2D eigenvalue weighted by Crippen LogP contribution is -2.46. The van der Waals surface area contributed by atoms with Gasteiger partial charge in [-0.25, -0.2) is 0 Å². The average Bonchev–Trinajstić information content (AvgIpc) is 3.03. The topological polar surface area (TPSA) is 158 Å². The number of carbonyl (C=O) groups is 6. The molecule has 2 aliphatic heterocycles. The molecule has 0 spiro atoms. The molecule has 2 aliphatic rings. The summed E-state index contributed by atoms with van der Waals surface area (Å²) in [5, 5.41) is 0. The van der Waals surface area contributed by atoms with E-state index in [9.17, 15) is 28.8 Å². The molecule has 0 amide bonds. The summed E-state index contributed by atoms with van der Waals surface area (Å²) in [5.74, 6) is -6.43. The van der Waals surface area contributed by atoms with Gasteiger partial charge in [-0.1, -0.05) is 36.4 Å². The molecular weight excluding hydrogens is 648 g/mol. The molecular formula is C38H30O12. The van der Waals surface area contributed by atoms with E-state index in [0.29, 0.717) is 22.3 Å². The van der Waals surface area contributed by atoms with Gasteiger partial charge in [0.05, 0.1) is 11.8 Å². The average molecular weight is 679 g/mol. The fraction of sp³-hybridized carbons (Fsp3) is 0.211. The number of hydrogen-bond donors (Lipinski definition) is 0. The predicted octanol–water partition coefficient (Wildman–Crippen LogP) is 5.42. The summed E-state index contributed by atoms with van der Waals surface area (Å²) in [6.45, 7) is 5.04. The third kappa shape index (κ3) is 6.95. The van der Waals surface area contributed by atoms with E-state index in [4.69, 9.17) is 28.4 Å². The van der Waals surface area contributed by atoms with Crippen LogP contribution in [0.4, 0.5) is 0 Å². The Bertz CT molecular complexity index is 1880. The minimum atomic E-state index is -1.17. The predicted molar refractivity (Wildman–Crippen MR) is 173 cm³/mol. The van der Waals surface area contributed by atoms with Crippen molar-refractivity contribution in [2.75, 3.05) is 0 Å². The number of fused-ring (bicyclic) bond motifs is 2. The summed E-state index contributed by atoms with van der Waals surface area (Å²) < 4.78 is 32.7. The Morgan fingerprint density at radius 2 is 0.760 bits per heavy atom. The van der Waals surface area contributed by atoms with Gasteiger partial charge in [0, 0.05) is 62.8 Å². The third-order valence-electron chi connectivity index (χ3n) is 8.24. The minimum absolute atomic E-state index is 0.136. The van der Waals surface area contributed by atoms with Gasteiger partial charge in [0.2, 0.25) is 0 Å². The van der Waals surface area contributed by atoms with E-state index in [-0.39, 0.29) is 34.5 Å². The fourth-order valence-corrected chi connectivity index (χ4v) is 6.49. The van der Waals surface area contributed by atoms with Crippen molar-refractivity contribution in [3.8, 4) is 34.5 Å². The van der Waals surface area contributed by atoms with Crippen LogP contribution in [0.1, 0.15) is 61.8 Å². The molecule has 12 heteroatoms. The molecule has 254 valence electrons. The van der Waals surface area contributed by atoms with Crippen molar-refractivity contribution in [2.24, 2.45) is 11.8 Å². The van der Waals surface area contributed by atoms with Crippen molar-refractivity contribution >= 4 is 35.8 Å². The fourth-order valence-electron chi connectivity index (χ4n) is 6.49. The second-order valence-corrected chi connectivity index (χ2v) is 11.8. The molecule has 6 rings (SSSR count).